The maximum atomic E-state index is 4.64. The number of hydrogen-bond acceptors (Lipinski definition) is 4. The van der Waals surface area contributed by atoms with Gasteiger partial charge in [-0.05, 0) is 37.6 Å². The van der Waals surface area contributed by atoms with Gasteiger partial charge in [0, 0.05) is 25.8 Å². The molecule has 0 saturated heterocycles. The zero-order valence-electron chi connectivity index (χ0n) is 15.9. The molecule has 0 bridgehead atoms. The van der Waals surface area contributed by atoms with Crippen LogP contribution in [0.5, 0.6) is 0 Å². The number of benzene rings is 1. The molecule has 0 radical (unpaired) electrons. The summed E-state index contributed by atoms with van der Waals surface area (Å²) in [5, 5.41) is 15.1. The van der Waals surface area contributed by atoms with Crippen LogP contribution < -0.4 is 10.6 Å². The number of pyridine rings is 1. The van der Waals surface area contributed by atoms with Gasteiger partial charge in [0.05, 0.1) is 17.4 Å². The van der Waals surface area contributed by atoms with Crippen LogP contribution in [0.15, 0.2) is 60.0 Å². The van der Waals surface area contributed by atoms with E-state index in [2.05, 4.69) is 48.4 Å². The summed E-state index contributed by atoms with van der Waals surface area (Å²) in [7, 11) is 0. The summed E-state index contributed by atoms with van der Waals surface area (Å²) in [5.74, 6) is 1.60. The van der Waals surface area contributed by atoms with Gasteiger partial charge in [0.15, 0.2) is 17.4 Å². The number of fused-ring (bicyclic) bond motifs is 2. The third kappa shape index (κ3) is 3.95. The van der Waals surface area contributed by atoms with Gasteiger partial charge in [0.2, 0.25) is 0 Å². The van der Waals surface area contributed by atoms with E-state index >= 15 is 0 Å². The molecule has 3 aromatic heterocycles. The molecule has 3 heterocycles. The van der Waals surface area contributed by atoms with Crippen LogP contribution in [0.2, 0.25) is 0 Å². The van der Waals surface area contributed by atoms with Crippen molar-refractivity contribution in [1.29, 1.82) is 0 Å². The SMILES string of the molecule is CCNC(=NCc1nnc2ccccn12)NCCCn1cnc2ccccc21. The lowest BCUT2D eigenvalue weighted by molar-refractivity contribution is 0.636. The van der Waals surface area contributed by atoms with Crippen molar-refractivity contribution in [2.75, 3.05) is 13.1 Å². The fourth-order valence-electron chi connectivity index (χ4n) is 3.13. The third-order valence-corrected chi connectivity index (χ3v) is 4.50. The molecule has 0 atom stereocenters. The predicted molar refractivity (Wildman–Crippen MR) is 110 cm³/mol. The van der Waals surface area contributed by atoms with Crippen LogP contribution in [0.3, 0.4) is 0 Å². The van der Waals surface area contributed by atoms with Crippen molar-refractivity contribution in [2.24, 2.45) is 4.99 Å². The molecule has 0 saturated carbocycles. The van der Waals surface area contributed by atoms with E-state index in [1.165, 1.54) is 5.52 Å². The number of aliphatic imine (C=N–C) groups is 1. The Hall–Kier alpha value is -3.42. The van der Waals surface area contributed by atoms with Crippen molar-refractivity contribution in [3.8, 4) is 0 Å². The number of imidazole rings is 1. The Morgan fingerprint density at radius 2 is 1.96 bits per heavy atom. The first kappa shape index (κ1) is 18.0. The number of nitrogens with zero attached hydrogens (tertiary/aromatic N) is 6. The summed E-state index contributed by atoms with van der Waals surface area (Å²) >= 11 is 0. The number of aromatic nitrogens is 5. The molecular weight excluding hydrogens is 352 g/mol. The Morgan fingerprint density at radius 3 is 2.89 bits per heavy atom. The number of guanidine groups is 1. The highest BCUT2D eigenvalue weighted by Crippen LogP contribution is 2.11. The van der Waals surface area contributed by atoms with E-state index in [9.17, 15) is 0 Å². The summed E-state index contributed by atoms with van der Waals surface area (Å²) < 4.78 is 4.14. The van der Waals surface area contributed by atoms with E-state index in [1.54, 1.807) is 0 Å². The van der Waals surface area contributed by atoms with Crippen LogP contribution in [0, 0.1) is 0 Å². The topological polar surface area (TPSA) is 84.4 Å². The number of aryl methyl sites for hydroxylation is 1. The monoisotopic (exact) mass is 376 g/mol. The molecule has 4 rings (SSSR count). The van der Waals surface area contributed by atoms with Crippen molar-refractivity contribution < 1.29 is 0 Å². The maximum absolute atomic E-state index is 4.64. The molecule has 28 heavy (non-hydrogen) atoms. The third-order valence-electron chi connectivity index (χ3n) is 4.50. The zero-order valence-corrected chi connectivity index (χ0v) is 15.9. The second-order valence-electron chi connectivity index (χ2n) is 6.45. The molecule has 4 aromatic rings. The van der Waals surface area contributed by atoms with Crippen LogP contribution >= 0.6 is 0 Å². The van der Waals surface area contributed by atoms with Crippen LogP contribution in [-0.4, -0.2) is 43.2 Å². The normalized spacial score (nSPS) is 12.0. The van der Waals surface area contributed by atoms with E-state index in [-0.39, 0.29) is 0 Å². The standard InChI is InChI=1S/C20H24N8/c1-2-21-20(23-14-19-26-25-18-10-5-6-13-28(18)19)22-11-7-12-27-15-24-16-8-3-4-9-17(16)27/h3-6,8-10,13,15H,2,7,11-12,14H2,1H3,(H2,21,22,23). The average molecular weight is 376 g/mol. The van der Waals surface area contributed by atoms with Crippen LogP contribution in [0.25, 0.3) is 16.7 Å². The van der Waals surface area contributed by atoms with Crippen molar-refractivity contribution >= 4 is 22.6 Å². The Labute approximate surface area is 163 Å². The number of nitrogens with one attached hydrogen (secondary N) is 2. The molecule has 0 amide bonds. The van der Waals surface area contributed by atoms with E-state index in [4.69, 9.17) is 0 Å². The Morgan fingerprint density at radius 1 is 1.07 bits per heavy atom. The quantitative estimate of drug-likeness (QED) is 0.294. The first-order chi connectivity index (χ1) is 13.8. The summed E-state index contributed by atoms with van der Waals surface area (Å²) in [6, 6.07) is 14.0. The molecule has 8 nitrogen and oxygen atoms in total. The number of para-hydroxylation sites is 2. The molecule has 0 unspecified atom stereocenters. The maximum Gasteiger partial charge on any atom is 0.191 e. The van der Waals surface area contributed by atoms with Crippen LogP contribution in [-0.2, 0) is 13.1 Å². The molecule has 0 aliphatic rings. The Balaban J connectivity index is 1.33. The number of hydrogen-bond donors (Lipinski definition) is 2. The highest BCUT2D eigenvalue weighted by atomic mass is 15.3. The molecular formula is C20H24N8. The first-order valence-corrected chi connectivity index (χ1v) is 9.56. The van der Waals surface area contributed by atoms with E-state index < -0.39 is 0 Å². The lowest BCUT2D eigenvalue weighted by Crippen LogP contribution is -2.38. The smallest absolute Gasteiger partial charge is 0.191 e. The molecule has 8 heteroatoms. The van der Waals surface area contributed by atoms with Gasteiger partial charge in [-0.2, -0.15) is 0 Å². The van der Waals surface area contributed by atoms with Gasteiger partial charge in [-0.25, -0.2) is 9.98 Å². The van der Waals surface area contributed by atoms with Crippen molar-refractivity contribution in [1.82, 2.24) is 34.8 Å². The highest BCUT2D eigenvalue weighted by Gasteiger charge is 2.05. The van der Waals surface area contributed by atoms with E-state index in [1.807, 2.05) is 53.3 Å². The van der Waals surface area contributed by atoms with Crippen molar-refractivity contribution in [2.45, 2.75) is 26.4 Å². The molecule has 0 aliphatic carbocycles. The van der Waals surface area contributed by atoms with Gasteiger partial charge in [0.1, 0.15) is 6.54 Å². The molecule has 1 aromatic carbocycles. The lowest BCUT2D eigenvalue weighted by atomic mass is 10.3. The molecule has 2 N–H and O–H groups in total. The minimum atomic E-state index is 0.465. The summed E-state index contributed by atoms with van der Waals surface area (Å²) in [6.45, 7) is 5.05. The average Bonchev–Trinajstić information content (AvgIpc) is 3.33. The fourth-order valence-corrected chi connectivity index (χ4v) is 3.13. The first-order valence-electron chi connectivity index (χ1n) is 9.56. The van der Waals surface area contributed by atoms with E-state index in [0.29, 0.717) is 6.54 Å². The van der Waals surface area contributed by atoms with Crippen molar-refractivity contribution in [3.63, 3.8) is 0 Å². The summed E-state index contributed by atoms with van der Waals surface area (Å²) in [5.41, 5.74) is 3.03. The largest absolute Gasteiger partial charge is 0.357 e. The predicted octanol–water partition coefficient (Wildman–Crippen LogP) is 2.22. The molecule has 144 valence electrons. The molecule has 0 aliphatic heterocycles. The molecule has 0 spiro atoms. The lowest BCUT2D eigenvalue weighted by Gasteiger charge is -2.11. The van der Waals surface area contributed by atoms with Gasteiger partial charge in [0.25, 0.3) is 0 Å². The number of rotatable bonds is 7. The van der Waals surface area contributed by atoms with Crippen molar-refractivity contribution in [3.05, 3.63) is 60.8 Å². The summed E-state index contributed by atoms with van der Waals surface area (Å²) in [4.78, 5) is 9.08. The van der Waals surface area contributed by atoms with Gasteiger partial charge < -0.3 is 15.2 Å². The van der Waals surface area contributed by atoms with Gasteiger partial charge in [-0.3, -0.25) is 4.40 Å². The zero-order chi connectivity index (χ0) is 19.2. The molecule has 0 fully saturated rings. The van der Waals surface area contributed by atoms with E-state index in [0.717, 1.165) is 49.0 Å². The second kappa shape index (κ2) is 8.51. The minimum absolute atomic E-state index is 0.465. The second-order valence-corrected chi connectivity index (χ2v) is 6.45. The highest BCUT2D eigenvalue weighted by molar-refractivity contribution is 5.79. The Kier molecular flexibility index (Phi) is 5.46. The van der Waals surface area contributed by atoms with Crippen LogP contribution in [0.1, 0.15) is 19.2 Å². The Bertz CT molecular complexity index is 1080. The van der Waals surface area contributed by atoms with Gasteiger partial charge in [-0.15, -0.1) is 10.2 Å². The van der Waals surface area contributed by atoms with Gasteiger partial charge in [-0.1, -0.05) is 18.2 Å². The minimum Gasteiger partial charge on any atom is -0.357 e. The van der Waals surface area contributed by atoms with Gasteiger partial charge >= 0.3 is 0 Å². The van der Waals surface area contributed by atoms with Crippen LogP contribution in [0.4, 0.5) is 0 Å². The fraction of sp³-hybridized carbons (Fsp3) is 0.300. The summed E-state index contributed by atoms with van der Waals surface area (Å²) in [6.07, 6.45) is 4.83.